The Morgan fingerprint density at radius 3 is 2.74 bits per heavy atom. The fraction of sp³-hybridized carbons (Fsp3) is 0.500. The molecular formula is C16H22FN3O3. The van der Waals surface area contributed by atoms with Gasteiger partial charge in [-0.15, -0.1) is 0 Å². The van der Waals surface area contributed by atoms with E-state index in [1.807, 2.05) is 0 Å². The lowest BCUT2D eigenvalue weighted by Crippen LogP contribution is -2.45. The number of carbonyl (C=O) groups excluding carboxylic acids is 2. The normalized spacial score (nSPS) is 17.5. The lowest BCUT2D eigenvalue weighted by Gasteiger charge is -2.23. The Morgan fingerprint density at radius 1 is 1.26 bits per heavy atom. The third kappa shape index (κ3) is 6.75. The van der Waals surface area contributed by atoms with Crippen molar-refractivity contribution in [1.82, 2.24) is 16.0 Å². The average molecular weight is 323 g/mol. The topological polar surface area (TPSA) is 79.5 Å². The van der Waals surface area contributed by atoms with Crippen LogP contribution in [0.3, 0.4) is 0 Å². The zero-order valence-electron chi connectivity index (χ0n) is 12.9. The third-order valence-corrected chi connectivity index (χ3v) is 3.45. The quantitative estimate of drug-likeness (QED) is 0.616. The minimum atomic E-state index is -0.358. The lowest BCUT2D eigenvalue weighted by atomic mass is 10.1. The number of halogens is 1. The van der Waals surface area contributed by atoms with Crippen LogP contribution in [0, 0.1) is 5.82 Å². The summed E-state index contributed by atoms with van der Waals surface area (Å²) in [6.45, 7) is 2.68. The van der Waals surface area contributed by atoms with Crippen molar-refractivity contribution >= 4 is 11.8 Å². The number of carbonyl (C=O) groups is 2. The van der Waals surface area contributed by atoms with Crippen LogP contribution in [-0.2, 0) is 20.7 Å². The first-order valence-electron chi connectivity index (χ1n) is 7.72. The van der Waals surface area contributed by atoms with E-state index < -0.39 is 0 Å². The Labute approximate surface area is 134 Å². The van der Waals surface area contributed by atoms with E-state index in [0.717, 1.165) is 6.54 Å². The number of hydrogen-bond acceptors (Lipinski definition) is 4. The summed E-state index contributed by atoms with van der Waals surface area (Å²) < 4.78 is 18.3. The van der Waals surface area contributed by atoms with Gasteiger partial charge in [0, 0.05) is 32.1 Å². The van der Waals surface area contributed by atoms with Gasteiger partial charge in [-0.2, -0.15) is 0 Å². The van der Waals surface area contributed by atoms with Gasteiger partial charge in [-0.3, -0.25) is 9.59 Å². The van der Waals surface area contributed by atoms with Crippen LogP contribution in [0.15, 0.2) is 24.3 Å². The van der Waals surface area contributed by atoms with Gasteiger partial charge in [0.2, 0.25) is 11.8 Å². The highest BCUT2D eigenvalue weighted by Gasteiger charge is 2.16. The van der Waals surface area contributed by atoms with Crippen molar-refractivity contribution in [2.24, 2.45) is 0 Å². The molecule has 3 N–H and O–H groups in total. The molecule has 1 aromatic carbocycles. The molecule has 0 aromatic heterocycles. The van der Waals surface area contributed by atoms with Gasteiger partial charge in [0.25, 0.3) is 0 Å². The maximum absolute atomic E-state index is 13.0. The maximum atomic E-state index is 13.0. The molecule has 0 radical (unpaired) electrons. The van der Waals surface area contributed by atoms with Gasteiger partial charge in [0.15, 0.2) is 0 Å². The summed E-state index contributed by atoms with van der Waals surface area (Å²) in [5.41, 5.74) is 0.620. The van der Waals surface area contributed by atoms with Gasteiger partial charge in [-0.1, -0.05) is 12.1 Å². The Hall–Kier alpha value is -1.99. The first-order chi connectivity index (χ1) is 11.1. The van der Waals surface area contributed by atoms with Crippen molar-refractivity contribution in [1.29, 1.82) is 0 Å². The third-order valence-electron chi connectivity index (χ3n) is 3.45. The Bertz CT molecular complexity index is 533. The van der Waals surface area contributed by atoms with Gasteiger partial charge in [0.1, 0.15) is 5.82 Å². The minimum Gasteiger partial charge on any atom is -0.378 e. The summed E-state index contributed by atoms with van der Waals surface area (Å²) in [6.07, 6.45) is 0.478. The van der Waals surface area contributed by atoms with Crippen LogP contribution < -0.4 is 16.0 Å². The van der Waals surface area contributed by atoms with Gasteiger partial charge in [-0.25, -0.2) is 4.39 Å². The lowest BCUT2D eigenvalue weighted by molar-refractivity contribution is -0.123. The minimum absolute atomic E-state index is 0.0475. The van der Waals surface area contributed by atoms with E-state index in [2.05, 4.69) is 16.0 Å². The molecule has 1 fully saturated rings. The van der Waals surface area contributed by atoms with Crippen molar-refractivity contribution in [3.8, 4) is 0 Å². The van der Waals surface area contributed by atoms with Crippen LogP contribution in [0.25, 0.3) is 0 Å². The smallest absolute Gasteiger partial charge is 0.224 e. The molecule has 1 unspecified atom stereocenters. The molecule has 1 atom stereocenters. The molecule has 6 nitrogen and oxygen atoms in total. The molecule has 0 saturated carbocycles. The molecule has 0 bridgehead atoms. The number of ether oxygens (including phenoxy) is 1. The van der Waals surface area contributed by atoms with Crippen molar-refractivity contribution in [3.05, 3.63) is 35.6 Å². The molecule has 126 valence electrons. The second-order valence-electron chi connectivity index (χ2n) is 5.44. The molecule has 2 rings (SSSR count). The van der Waals surface area contributed by atoms with E-state index in [1.165, 1.54) is 12.1 Å². The molecular weight excluding hydrogens is 301 g/mol. The largest absolute Gasteiger partial charge is 0.378 e. The first-order valence-corrected chi connectivity index (χ1v) is 7.72. The second-order valence-corrected chi connectivity index (χ2v) is 5.44. The van der Waals surface area contributed by atoms with Crippen LogP contribution >= 0.6 is 0 Å². The molecule has 23 heavy (non-hydrogen) atoms. The molecule has 0 aliphatic carbocycles. The van der Waals surface area contributed by atoms with Crippen molar-refractivity contribution in [3.63, 3.8) is 0 Å². The molecule has 1 aliphatic heterocycles. The molecule has 7 heteroatoms. The van der Waals surface area contributed by atoms with E-state index in [9.17, 15) is 14.0 Å². The Morgan fingerprint density at radius 2 is 2.04 bits per heavy atom. The first kappa shape index (κ1) is 17.4. The van der Waals surface area contributed by atoms with E-state index in [-0.39, 0.29) is 30.1 Å². The summed E-state index contributed by atoms with van der Waals surface area (Å²) in [6, 6.07) is 5.99. The summed E-state index contributed by atoms with van der Waals surface area (Å²) >= 11 is 0. The highest BCUT2D eigenvalue weighted by Crippen LogP contribution is 2.03. The predicted molar refractivity (Wildman–Crippen MR) is 83.4 cm³/mol. The van der Waals surface area contributed by atoms with Crippen LogP contribution in [0.1, 0.15) is 12.0 Å². The summed E-state index contributed by atoms with van der Waals surface area (Å²) in [5, 5.41) is 8.65. The SMILES string of the molecule is O=C(Cc1cccc(F)c1)NCCNC(=O)CC1COCCN1. The Kier molecular flexibility index (Phi) is 6.96. The maximum Gasteiger partial charge on any atom is 0.224 e. The van der Waals surface area contributed by atoms with Gasteiger partial charge in [-0.05, 0) is 17.7 Å². The molecule has 1 saturated heterocycles. The van der Waals surface area contributed by atoms with Crippen LogP contribution in [0.5, 0.6) is 0 Å². The number of benzene rings is 1. The summed E-state index contributed by atoms with van der Waals surface area (Å²) in [7, 11) is 0. The van der Waals surface area contributed by atoms with Crippen LogP contribution in [0.2, 0.25) is 0 Å². The van der Waals surface area contributed by atoms with Crippen LogP contribution in [0.4, 0.5) is 4.39 Å². The molecule has 0 spiro atoms. The number of rotatable bonds is 7. The van der Waals surface area contributed by atoms with E-state index >= 15 is 0 Å². The monoisotopic (exact) mass is 323 g/mol. The van der Waals surface area contributed by atoms with Gasteiger partial charge < -0.3 is 20.7 Å². The van der Waals surface area contributed by atoms with E-state index in [1.54, 1.807) is 12.1 Å². The standard InChI is InChI=1S/C16H22FN3O3/c17-13-3-1-2-12(8-13)9-15(21)19-4-5-20-16(22)10-14-11-23-7-6-18-14/h1-3,8,14,18H,4-7,9-11H2,(H,19,21)(H,20,22). The highest BCUT2D eigenvalue weighted by molar-refractivity contribution is 5.79. The summed E-state index contributed by atoms with van der Waals surface area (Å²) in [5.74, 6) is -0.637. The van der Waals surface area contributed by atoms with Gasteiger partial charge in [0.05, 0.1) is 19.6 Å². The molecule has 2 amide bonds. The number of morpholine rings is 1. The molecule has 1 aromatic rings. The van der Waals surface area contributed by atoms with Crippen LogP contribution in [-0.4, -0.2) is 50.7 Å². The van der Waals surface area contributed by atoms with E-state index in [0.29, 0.717) is 38.3 Å². The highest BCUT2D eigenvalue weighted by atomic mass is 19.1. The van der Waals surface area contributed by atoms with Gasteiger partial charge >= 0.3 is 0 Å². The molecule has 1 heterocycles. The second kappa shape index (κ2) is 9.22. The van der Waals surface area contributed by atoms with Crippen molar-refractivity contribution in [2.75, 3.05) is 32.8 Å². The average Bonchev–Trinajstić information content (AvgIpc) is 2.52. The number of amides is 2. The zero-order chi connectivity index (χ0) is 16.5. The fourth-order valence-electron chi connectivity index (χ4n) is 2.35. The van der Waals surface area contributed by atoms with E-state index in [4.69, 9.17) is 4.74 Å². The number of nitrogens with one attached hydrogen (secondary N) is 3. The summed E-state index contributed by atoms with van der Waals surface area (Å²) in [4.78, 5) is 23.4. The fourth-order valence-corrected chi connectivity index (χ4v) is 2.35. The Balaban J connectivity index is 1.57. The zero-order valence-corrected chi connectivity index (χ0v) is 12.9. The van der Waals surface area contributed by atoms with Crippen molar-refractivity contribution < 1.29 is 18.7 Å². The molecule has 1 aliphatic rings. The van der Waals surface area contributed by atoms with Crippen molar-refractivity contribution in [2.45, 2.75) is 18.9 Å². The predicted octanol–water partition coefficient (Wildman–Crippen LogP) is -0.0209. The number of hydrogen-bond donors (Lipinski definition) is 3.